The molecule has 0 bridgehead atoms. The number of aliphatic hydroxyl groups excluding tert-OH is 1. The zero-order chi connectivity index (χ0) is 18.0. The number of β-amino-alcohol motifs (C(OH)–C–C–N with tert-alkyl or cyclic N) is 1. The molecule has 0 spiro atoms. The van der Waals surface area contributed by atoms with Crippen molar-refractivity contribution < 1.29 is 14.3 Å². The van der Waals surface area contributed by atoms with E-state index in [2.05, 4.69) is 4.90 Å². The minimum Gasteiger partial charge on any atom is -0.460 e. The number of furan rings is 1. The first-order valence-electron chi connectivity index (χ1n) is 8.43. The number of benzene rings is 1. The van der Waals surface area contributed by atoms with Gasteiger partial charge in [-0.15, -0.1) is 0 Å². The average Bonchev–Trinajstić information content (AvgIpc) is 2.93. The first-order valence-corrected chi connectivity index (χ1v) is 8.81. The number of halogens is 1. The van der Waals surface area contributed by atoms with Crippen molar-refractivity contribution in [1.82, 2.24) is 9.80 Å². The Morgan fingerprint density at radius 3 is 2.80 bits per heavy atom. The number of carbonyl (C=O) groups is 1. The van der Waals surface area contributed by atoms with Crippen molar-refractivity contribution in [2.75, 3.05) is 26.2 Å². The number of aliphatic hydroxyl groups is 1. The van der Waals surface area contributed by atoms with Crippen LogP contribution in [0.15, 0.2) is 34.7 Å². The van der Waals surface area contributed by atoms with Crippen molar-refractivity contribution in [2.24, 2.45) is 0 Å². The lowest BCUT2D eigenvalue weighted by Crippen LogP contribution is -2.36. The van der Waals surface area contributed by atoms with Crippen LogP contribution in [0, 0.1) is 6.92 Å². The van der Waals surface area contributed by atoms with Crippen LogP contribution >= 0.6 is 11.6 Å². The predicted octanol–water partition coefficient (Wildman–Crippen LogP) is 2.93. The molecule has 25 heavy (non-hydrogen) atoms. The predicted molar refractivity (Wildman–Crippen MR) is 97.4 cm³/mol. The number of carbonyl (C=O) groups excluding carboxylic acids is 1. The summed E-state index contributed by atoms with van der Waals surface area (Å²) in [7, 11) is 0. The third-order valence-electron chi connectivity index (χ3n) is 4.53. The molecule has 1 unspecified atom stereocenters. The van der Waals surface area contributed by atoms with E-state index in [1.54, 1.807) is 4.90 Å². The number of nitrogens with zero attached hydrogens (tertiary/aromatic N) is 2. The minimum absolute atomic E-state index is 0.00238. The Bertz CT molecular complexity index is 759. The molecule has 0 aliphatic carbocycles. The fourth-order valence-electron chi connectivity index (χ4n) is 3.07. The molecule has 1 aliphatic heterocycles. The van der Waals surface area contributed by atoms with Crippen LogP contribution in [0.25, 0.3) is 11.3 Å². The van der Waals surface area contributed by atoms with E-state index in [1.807, 2.05) is 37.3 Å². The maximum atomic E-state index is 11.5. The highest BCUT2D eigenvalue weighted by atomic mass is 35.5. The van der Waals surface area contributed by atoms with E-state index in [1.165, 1.54) is 6.92 Å². The minimum atomic E-state index is -0.545. The summed E-state index contributed by atoms with van der Waals surface area (Å²) in [6, 6.07) is 9.75. The van der Waals surface area contributed by atoms with E-state index in [9.17, 15) is 9.90 Å². The number of hydrogen-bond donors (Lipinski definition) is 1. The Kier molecular flexibility index (Phi) is 5.47. The third-order valence-corrected chi connectivity index (χ3v) is 4.94. The van der Waals surface area contributed by atoms with Gasteiger partial charge in [0.25, 0.3) is 0 Å². The highest BCUT2D eigenvalue weighted by molar-refractivity contribution is 6.31. The quantitative estimate of drug-likeness (QED) is 0.912. The number of amides is 1. The summed E-state index contributed by atoms with van der Waals surface area (Å²) in [6.07, 6.45) is -0.545. The molecule has 0 saturated carbocycles. The third kappa shape index (κ3) is 4.42. The van der Waals surface area contributed by atoms with Crippen molar-refractivity contribution in [3.63, 3.8) is 0 Å². The van der Waals surface area contributed by atoms with E-state index >= 15 is 0 Å². The average molecular weight is 363 g/mol. The Morgan fingerprint density at radius 2 is 2.08 bits per heavy atom. The van der Waals surface area contributed by atoms with Gasteiger partial charge in [0.15, 0.2) is 0 Å². The Labute approximate surface area is 152 Å². The Morgan fingerprint density at radius 1 is 1.28 bits per heavy atom. The zero-order valence-electron chi connectivity index (χ0n) is 14.5. The molecule has 0 radical (unpaired) electrons. The summed E-state index contributed by atoms with van der Waals surface area (Å²) in [5.41, 5.74) is 1.98. The molecule has 1 saturated heterocycles. The normalized spacial score (nSPS) is 19.0. The van der Waals surface area contributed by atoms with E-state index in [-0.39, 0.29) is 5.91 Å². The molecule has 134 valence electrons. The molecule has 5 nitrogen and oxygen atoms in total. The summed E-state index contributed by atoms with van der Waals surface area (Å²) < 4.78 is 5.96. The van der Waals surface area contributed by atoms with E-state index in [0.29, 0.717) is 32.7 Å². The van der Waals surface area contributed by atoms with Crippen LogP contribution in [-0.2, 0) is 11.3 Å². The largest absolute Gasteiger partial charge is 0.460 e. The molecular weight excluding hydrogens is 340 g/mol. The van der Waals surface area contributed by atoms with Gasteiger partial charge in [-0.1, -0.05) is 23.7 Å². The summed E-state index contributed by atoms with van der Waals surface area (Å²) in [6.45, 7) is 6.34. The van der Waals surface area contributed by atoms with Crippen LogP contribution in [-0.4, -0.2) is 53.1 Å². The second kappa shape index (κ2) is 7.60. The van der Waals surface area contributed by atoms with Crippen LogP contribution in [0.2, 0.25) is 5.02 Å². The van der Waals surface area contributed by atoms with Crippen LogP contribution < -0.4 is 0 Å². The van der Waals surface area contributed by atoms with Gasteiger partial charge in [-0.3, -0.25) is 9.69 Å². The molecular formula is C19H23ClN2O3. The van der Waals surface area contributed by atoms with Gasteiger partial charge < -0.3 is 14.4 Å². The van der Waals surface area contributed by atoms with Crippen molar-refractivity contribution >= 4 is 17.5 Å². The van der Waals surface area contributed by atoms with Gasteiger partial charge in [0.1, 0.15) is 11.5 Å². The summed E-state index contributed by atoms with van der Waals surface area (Å²) in [5.74, 6) is 1.60. The zero-order valence-corrected chi connectivity index (χ0v) is 15.3. The van der Waals surface area contributed by atoms with E-state index in [4.69, 9.17) is 16.0 Å². The summed E-state index contributed by atoms with van der Waals surface area (Å²) in [5, 5.41) is 10.8. The maximum absolute atomic E-state index is 11.5. The maximum Gasteiger partial charge on any atom is 0.219 e. The van der Waals surface area contributed by atoms with E-state index < -0.39 is 6.10 Å². The molecule has 1 N–H and O–H groups in total. The molecule has 1 atom stereocenters. The lowest BCUT2D eigenvalue weighted by Gasteiger charge is -2.19. The van der Waals surface area contributed by atoms with Gasteiger partial charge in [0.2, 0.25) is 5.91 Å². The van der Waals surface area contributed by atoms with Crippen LogP contribution in [0.1, 0.15) is 18.2 Å². The number of hydrogen-bond acceptors (Lipinski definition) is 4. The first-order chi connectivity index (χ1) is 11.9. The smallest absolute Gasteiger partial charge is 0.219 e. The highest BCUT2D eigenvalue weighted by Crippen LogP contribution is 2.27. The molecule has 1 fully saturated rings. The standard InChI is InChI=1S/C19H23ClN2O3/c1-13-3-4-15(9-18(13)20)19-6-5-17(25-19)12-21-7-8-22(14(2)23)11-16(24)10-21/h3-6,9,16,24H,7-8,10-12H2,1-2H3. The SMILES string of the molecule is CC(=O)N1CCN(Cc2ccc(-c3ccc(C)c(Cl)c3)o2)CC(O)C1. The molecule has 3 rings (SSSR count). The summed E-state index contributed by atoms with van der Waals surface area (Å²) >= 11 is 6.19. The van der Waals surface area contributed by atoms with E-state index in [0.717, 1.165) is 27.7 Å². The Balaban J connectivity index is 1.68. The van der Waals surface area contributed by atoms with Gasteiger partial charge in [-0.05, 0) is 30.7 Å². The van der Waals surface area contributed by atoms with Gasteiger partial charge in [-0.2, -0.15) is 0 Å². The monoisotopic (exact) mass is 362 g/mol. The van der Waals surface area contributed by atoms with Crippen molar-refractivity contribution in [3.05, 3.63) is 46.7 Å². The van der Waals surface area contributed by atoms with Gasteiger partial charge >= 0.3 is 0 Å². The van der Waals surface area contributed by atoms with Gasteiger partial charge in [0.05, 0.1) is 12.6 Å². The molecule has 1 aliphatic rings. The number of rotatable bonds is 3. The van der Waals surface area contributed by atoms with Crippen LogP contribution in [0.3, 0.4) is 0 Å². The number of aryl methyl sites for hydroxylation is 1. The van der Waals surface area contributed by atoms with Crippen molar-refractivity contribution in [3.8, 4) is 11.3 Å². The fraction of sp³-hybridized carbons (Fsp3) is 0.421. The fourth-order valence-corrected chi connectivity index (χ4v) is 3.25. The molecule has 1 aromatic heterocycles. The van der Waals surface area contributed by atoms with Crippen molar-refractivity contribution in [2.45, 2.75) is 26.5 Å². The molecule has 1 aromatic carbocycles. The topological polar surface area (TPSA) is 56.9 Å². The van der Waals surface area contributed by atoms with Crippen LogP contribution in [0.5, 0.6) is 0 Å². The van der Waals surface area contributed by atoms with Crippen LogP contribution in [0.4, 0.5) is 0 Å². The molecule has 2 heterocycles. The highest BCUT2D eigenvalue weighted by Gasteiger charge is 2.23. The molecule has 1 amide bonds. The second-order valence-electron chi connectivity index (χ2n) is 6.58. The molecule has 2 aromatic rings. The van der Waals surface area contributed by atoms with Gasteiger partial charge in [-0.25, -0.2) is 0 Å². The Hall–Kier alpha value is -1.82. The lowest BCUT2D eigenvalue weighted by atomic mass is 10.1. The van der Waals surface area contributed by atoms with Crippen molar-refractivity contribution in [1.29, 1.82) is 0 Å². The first kappa shape index (κ1) is 18.0. The molecule has 6 heteroatoms. The lowest BCUT2D eigenvalue weighted by molar-refractivity contribution is -0.129. The second-order valence-corrected chi connectivity index (χ2v) is 6.99. The van der Waals surface area contributed by atoms with Gasteiger partial charge in [0, 0.05) is 43.7 Å². The summed E-state index contributed by atoms with van der Waals surface area (Å²) in [4.78, 5) is 15.3.